The highest BCUT2D eigenvalue weighted by Crippen LogP contribution is 2.37. The monoisotopic (exact) mass is 323 g/mol. The van der Waals surface area contributed by atoms with Gasteiger partial charge in [-0.3, -0.25) is 9.69 Å². The summed E-state index contributed by atoms with van der Waals surface area (Å²) in [6, 6.07) is 9.25. The van der Waals surface area contributed by atoms with Crippen LogP contribution in [-0.2, 0) is 30.3 Å². The van der Waals surface area contributed by atoms with E-state index in [1.807, 2.05) is 30.3 Å². The molecular weight excluding hydrogens is 302 g/mol. The van der Waals surface area contributed by atoms with Gasteiger partial charge < -0.3 is 18.9 Å². The highest BCUT2D eigenvalue weighted by Gasteiger charge is 2.59. The fourth-order valence-electron chi connectivity index (χ4n) is 2.43. The first kappa shape index (κ1) is 17.2. The van der Waals surface area contributed by atoms with Crippen molar-refractivity contribution in [2.75, 3.05) is 20.8 Å². The number of amides is 1. The van der Waals surface area contributed by atoms with Crippen LogP contribution >= 0.6 is 0 Å². The van der Waals surface area contributed by atoms with Gasteiger partial charge in [0.15, 0.2) is 0 Å². The molecule has 1 aliphatic rings. The Morgan fingerprint density at radius 3 is 2.43 bits per heavy atom. The standard InChI is InChI=1S/C16H21NO6/c1-15(20-3)16(2,21-4)23-13(18)10-17(15)14(19)22-11-12-8-6-5-7-9-12/h5-9H,10-11H2,1-4H3/t15-,16+/m1/s1. The molecule has 23 heavy (non-hydrogen) atoms. The lowest BCUT2D eigenvalue weighted by molar-refractivity contribution is -0.341. The van der Waals surface area contributed by atoms with Crippen LogP contribution in [0.15, 0.2) is 30.3 Å². The Kier molecular flexibility index (Phi) is 4.91. The van der Waals surface area contributed by atoms with E-state index >= 15 is 0 Å². The van der Waals surface area contributed by atoms with Crippen molar-refractivity contribution in [2.24, 2.45) is 0 Å². The van der Waals surface area contributed by atoms with E-state index in [9.17, 15) is 9.59 Å². The molecule has 0 bridgehead atoms. The maximum Gasteiger partial charge on any atom is 0.413 e. The minimum atomic E-state index is -1.44. The topological polar surface area (TPSA) is 74.3 Å². The third kappa shape index (κ3) is 3.16. The van der Waals surface area contributed by atoms with Crippen molar-refractivity contribution in [2.45, 2.75) is 32.0 Å². The van der Waals surface area contributed by atoms with Crippen molar-refractivity contribution >= 4 is 12.1 Å². The third-order valence-electron chi connectivity index (χ3n) is 4.17. The fourth-order valence-corrected chi connectivity index (χ4v) is 2.43. The highest BCUT2D eigenvalue weighted by molar-refractivity contribution is 5.80. The summed E-state index contributed by atoms with van der Waals surface area (Å²) in [6.07, 6.45) is -0.682. The predicted molar refractivity (Wildman–Crippen MR) is 80.3 cm³/mol. The summed E-state index contributed by atoms with van der Waals surface area (Å²) in [5.74, 6) is -2.04. The first-order chi connectivity index (χ1) is 10.9. The van der Waals surface area contributed by atoms with Gasteiger partial charge in [0.2, 0.25) is 5.72 Å². The van der Waals surface area contributed by atoms with E-state index < -0.39 is 23.6 Å². The van der Waals surface area contributed by atoms with Crippen molar-refractivity contribution < 1.29 is 28.5 Å². The summed E-state index contributed by atoms with van der Waals surface area (Å²) in [5, 5.41) is 0. The molecule has 0 saturated carbocycles. The average Bonchev–Trinajstić information content (AvgIpc) is 2.56. The number of nitrogens with zero attached hydrogens (tertiary/aromatic N) is 1. The van der Waals surface area contributed by atoms with Crippen molar-refractivity contribution in [3.05, 3.63) is 35.9 Å². The zero-order valence-corrected chi connectivity index (χ0v) is 13.7. The quantitative estimate of drug-likeness (QED) is 0.788. The number of hydrogen-bond donors (Lipinski definition) is 0. The molecule has 126 valence electrons. The molecule has 2 rings (SSSR count). The molecule has 1 saturated heterocycles. The van der Waals surface area contributed by atoms with Crippen LogP contribution in [0.5, 0.6) is 0 Å². The second kappa shape index (κ2) is 6.55. The maximum absolute atomic E-state index is 12.5. The first-order valence-electron chi connectivity index (χ1n) is 7.17. The molecule has 7 heteroatoms. The Bertz CT molecular complexity index is 577. The zero-order valence-electron chi connectivity index (χ0n) is 13.7. The van der Waals surface area contributed by atoms with Crippen LogP contribution in [0.1, 0.15) is 19.4 Å². The van der Waals surface area contributed by atoms with Gasteiger partial charge >= 0.3 is 12.1 Å². The number of ether oxygens (including phenoxy) is 4. The molecule has 0 unspecified atom stereocenters. The molecule has 0 N–H and O–H groups in total. The minimum Gasteiger partial charge on any atom is -0.444 e. The van der Waals surface area contributed by atoms with E-state index in [4.69, 9.17) is 18.9 Å². The van der Waals surface area contributed by atoms with Gasteiger partial charge in [0.25, 0.3) is 5.79 Å². The fraction of sp³-hybridized carbons (Fsp3) is 0.500. The second-order valence-electron chi connectivity index (χ2n) is 5.44. The van der Waals surface area contributed by atoms with Crippen LogP contribution in [0, 0.1) is 0 Å². The Balaban J connectivity index is 2.17. The molecule has 0 spiro atoms. The molecule has 0 radical (unpaired) electrons. The van der Waals surface area contributed by atoms with Gasteiger partial charge in [-0.15, -0.1) is 0 Å². The number of methoxy groups -OCH3 is 2. The summed E-state index contributed by atoms with van der Waals surface area (Å²) >= 11 is 0. The Labute approximate surface area is 135 Å². The summed E-state index contributed by atoms with van der Waals surface area (Å²) < 4.78 is 21.3. The van der Waals surface area contributed by atoms with Gasteiger partial charge in [0.05, 0.1) is 0 Å². The Morgan fingerprint density at radius 2 is 1.87 bits per heavy atom. The van der Waals surface area contributed by atoms with Gasteiger partial charge in [-0.1, -0.05) is 30.3 Å². The summed E-state index contributed by atoms with van der Waals surface area (Å²) in [4.78, 5) is 25.5. The van der Waals surface area contributed by atoms with Crippen LogP contribution in [0.2, 0.25) is 0 Å². The molecule has 0 aliphatic carbocycles. The lowest BCUT2D eigenvalue weighted by Gasteiger charge is -2.51. The number of hydrogen-bond acceptors (Lipinski definition) is 6. The van der Waals surface area contributed by atoms with Gasteiger partial charge in [0.1, 0.15) is 13.2 Å². The molecule has 1 aromatic rings. The van der Waals surface area contributed by atoms with Crippen LogP contribution < -0.4 is 0 Å². The molecule has 2 atom stereocenters. The first-order valence-corrected chi connectivity index (χ1v) is 7.17. The number of rotatable bonds is 4. The van der Waals surface area contributed by atoms with Crippen molar-refractivity contribution in [3.8, 4) is 0 Å². The molecule has 1 aliphatic heterocycles. The van der Waals surface area contributed by atoms with E-state index in [-0.39, 0.29) is 13.2 Å². The van der Waals surface area contributed by atoms with E-state index in [1.54, 1.807) is 6.92 Å². The van der Waals surface area contributed by atoms with Crippen molar-refractivity contribution in [1.82, 2.24) is 4.90 Å². The van der Waals surface area contributed by atoms with Crippen LogP contribution in [0.3, 0.4) is 0 Å². The number of esters is 1. The number of benzene rings is 1. The molecule has 1 fully saturated rings. The smallest absolute Gasteiger partial charge is 0.413 e. The third-order valence-corrected chi connectivity index (χ3v) is 4.17. The number of morpholine rings is 1. The number of cyclic esters (lactones) is 1. The molecule has 7 nitrogen and oxygen atoms in total. The molecule has 1 aromatic carbocycles. The van der Waals surface area contributed by atoms with Crippen LogP contribution in [-0.4, -0.2) is 49.2 Å². The Morgan fingerprint density at radius 1 is 1.22 bits per heavy atom. The molecule has 0 aromatic heterocycles. The zero-order chi connectivity index (χ0) is 17.1. The van der Waals surface area contributed by atoms with Crippen LogP contribution in [0.25, 0.3) is 0 Å². The normalized spacial score (nSPS) is 27.5. The van der Waals surface area contributed by atoms with Crippen LogP contribution in [0.4, 0.5) is 4.79 Å². The predicted octanol–water partition coefficient (Wildman–Crippen LogP) is 1.91. The van der Waals surface area contributed by atoms with Crippen molar-refractivity contribution in [3.63, 3.8) is 0 Å². The summed E-state index contributed by atoms with van der Waals surface area (Å²) in [6.45, 7) is 2.95. The van der Waals surface area contributed by atoms with Crippen molar-refractivity contribution in [1.29, 1.82) is 0 Å². The second-order valence-corrected chi connectivity index (χ2v) is 5.44. The summed E-state index contributed by atoms with van der Waals surface area (Å²) in [5.41, 5.74) is -0.474. The van der Waals surface area contributed by atoms with Gasteiger partial charge in [-0.05, 0) is 12.5 Å². The van der Waals surface area contributed by atoms with Gasteiger partial charge in [-0.2, -0.15) is 0 Å². The molecule has 1 heterocycles. The molecular formula is C16H21NO6. The molecule has 1 amide bonds. The summed E-state index contributed by atoms with van der Waals surface area (Å²) in [7, 11) is 2.79. The average molecular weight is 323 g/mol. The van der Waals surface area contributed by atoms with E-state index in [0.717, 1.165) is 5.56 Å². The highest BCUT2D eigenvalue weighted by atomic mass is 16.7. The van der Waals surface area contributed by atoms with E-state index in [2.05, 4.69) is 0 Å². The lowest BCUT2D eigenvalue weighted by Crippen LogP contribution is -2.71. The van der Waals surface area contributed by atoms with E-state index in [0.29, 0.717) is 0 Å². The largest absolute Gasteiger partial charge is 0.444 e. The van der Waals surface area contributed by atoms with E-state index in [1.165, 1.54) is 26.0 Å². The minimum absolute atomic E-state index is 0.0920. The number of carbonyl (C=O) groups is 2. The SMILES string of the molecule is CO[C@@]1(C)OC(=O)CN(C(=O)OCc2ccccc2)[C@]1(C)OC. The van der Waals surface area contributed by atoms with Gasteiger partial charge in [-0.25, -0.2) is 4.79 Å². The number of carbonyl (C=O) groups excluding carboxylic acids is 2. The Hall–Kier alpha value is -2.12. The lowest BCUT2D eigenvalue weighted by atomic mass is 10.0. The van der Waals surface area contributed by atoms with Gasteiger partial charge in [0, 0.05) is 21.1 Å². The maximum atomic E-state index is 12.5.